The highest BCUT2D eigenvalue weighted by molar-refractivity contribution is 5.89. The molecule has 6 nitrogen and oxygen atoms in total. The highest BCUT2D eigenvalue weighted by Crippen LogP contribution is 2.28. The normalized spacial score (nSPS) is 13.4. The summed E-state index contributed by atoms with van der Waals surface area (Å²) >= 11 is 0. The fourth-order valence-electron chi connectivity index (χ4n) is 3.90. The molecule has 0 fully saturated rings. The van der Waals surface area contributed by atoms with Crippen molar-refractivity contribution >= 4 is 16.9 Å². The third-order valence-corrected chi connectivity index (χ3v) is 5.59. The number of carbonyl (C=O) groups is 1. The maximum absolute atomic E-state index is 11.8. The number of furan rings is 1. The summed E-state index contributed by atoms with van der Waals surface area (Å²) in [5.74, 6) is 0.656. The van der Waals surface area contributed by atoms with Crippen molar-refractivity contribution < 1.29 is 23.4 Å². The number of carbonyl (C=O) groups excluding carboxylic acids is 1. The second kappa shape index (κ2) is 11.8. The van der Waals surface area contributed by atoms with Gasteiger partial charge in [0.05, 0.1) is 19.2 Å². The second-order valence-corrected chi connectivity index (χ2v) is 7.72. The lowest BCUT2D eigenvalue weighted by atomic mass is 9.88. The topological polar surface area (TPSA) is 69.9 Å². The Hall–Kier alpha value is -2.67. The Bertz CT molecular complexity index is 942. The summed E-state index contributed by atoms with van der Waals surface area (Å²) in [4.78, 5) is 11.8. The van der Waals surface area contributed by atoms with Gasteiger partial charge < -0.3 is 23.9 Å². The number of para-hydroxylation sites is 1. The average Bonchev–Trinajstić information content (AvgIpc) is 3.24. The van der Waals surface area contributed by atoms with Crippen LogP contribution in [0.2, 0.25) is 0 Å². The lowest BCUT2D eigenvalue weighted by Gasteiger charge is -2.29. The van der Waals surface area contributed by atoms with Crippen molar-refractivity contribution in [3.05, 3.63) is 71.5 Å². The van der Waals surface area contributed by atoms with Crippen molar-refractivity contribution in [2.45, 2.75) is 52.0 Å². The van der Waals surface area contributed by atoms with Crippen LogP contribution in [0.4, 0.5) is 0 Å². The van der Waals surface area contributed by atoms with E-state index >= 15 is 0 Å². The molecule has 2 unspecified atom stereocenters. The van der Waals surface area contributed by atoms with Crippen LogP contribution in [0.5, 0.6) is 0 Å². The lowest BCUT2D eigenvalue weighted by molar-refractivity contribution is -0.143. The molecule has 172 valence electrons. The number of esters is 1. The molecule has 1 aromatic heterocycles. The van der Waals surface area contributed by atoms with Crippen LogP contribution >= 0.6 is 0 Å². The van der Waals surface area contributed by atoms with Gasteiger partial charge in [-0.05, 0) is 50.6 Å². The van der Waals surface area contributed by atoms with Gasteiger partial charge in [-0.25, -0.2) is 4.79 Å². The van der Waals surface area contributed by atoms with Crippen molar-refractivity contribution in [2.75, 3.05) is 20.3 Å². The summed E-state index contributed by atoms with van der Waals surface area (Å²) in [5.41, 5.74) is 2.52. The van der Waals surface area contributed by atoms with Crippen molar-refractivity contribution in [1.29, 1.82) is 0 Å². The number of rotatable bonds is 12. The van der Waals surface area contributed by atoms with E-state index in [-0.39, 0.29) is 24.2 Å². The van der Waals surface area contributed by atoms with E-state index < -0.39 is 0 Å². The Morgan fingerprint density at radius 3 is 2.34 bits per heavy atom. The van der Waals surface area contributed by atoms with Crippen molar-refractivity contribution in [2.24, 2.45) is 0 Å². The van der Waals surface area contributed by atoms with Gasteiger partial charge in [-0.2, -0.15) is 0 Å². The number of benzene rings is 2. The highest BCUT2D eigenvalue weighted by atomic mass is 16.7. The molecule has 0 aliphatic heterocycles. The summed E-state index contributed by atoms with van der Waals surface area (Å²) in [7, 11) is 1.39. The standard InChI is InChI=1S/C26H33NO5/c1-5-30-25(31-6-2)16-23(19-11-13-20(14-12-19)26(28)29-4)18(3)27-17-22-15-21-9-7-8-10-24(21)32-22/h7-15,18,23,25,27H,5-6,16-17H2,1-4H3. The molecule has 1 heterocycles. The molecule has 0 radical (unpaired) electrons. The minimum absolute atomic E-state index is 0.106. The third-order valence-electron chi connectivity index (χ3n) is 5.59. The van der Waals surface area contributed by atoms with Gasteiger partial charge in [0.15, 0.2) is 6.29 Å². The minimum Gasteiger partial charge on any atom is -0.465 e. The van der Waals surface area contributed by atoms with Crippen LogP contribution < -0.4 is 5.32 Å². The molecule has 0 aliphatic carbocycles. The molecule has 32 heavy (non-hydrogen) atoms. The Kier molecular flexibility index (Phi) is 8.85. The summed E-state index contributed by atoms with van der Waals surface area (Å²) in [6.45, 7) is 7.86. The van der Waals surface area contributed by atoms with Crippen LogP contribution in [0, 0.1) is 0 Å². The maximum Gasteiger partial charge on any atom is 0.337 e. The molecular formula is C26H33NO5. The van der Waals surface area contributed by atoms with E-state index in [1.165, 1.54) is 7.11 Å². The van der Waals surface area contributed by atoms with Crippen LogP contribution in [0.1, 0.15) is 54.8 Å². The van der Waals surface area contributed by atoms with Crippen molar-refractivity contribution in [3.8, 4) is 0 Å². The van der Waals surface area contributed by atoms with Crippen LogP contribution in [0.3, 0.4) is 0 Å². The number of hydrogen-bond donors (Lipinski definition) is 1. The SMILES string of the molecule is CCOC(CC(c1ccc(C(=O)OC)cc1)C(C)NCc1cc2ccccc2o1)OCC. The monoisotopic (exact) mass is 439 g/mol. The largest absolute Gasteiger partial charge is 0.465 e. The Labute approximate surface area is 189 Å². The van der Waals surface area contributed by atoms with Crippen LogP contribution in [0.25, 0.3) is 11.0 Å². The Balaban J connectivity index is 1.77. The molecule has 0 amide bonds. The van der Waals surface area contributed by atoms with E-state index in [9.17, 15) is 4.79 Å². The zero-order chi connectivity index (χ0) is 22.9. The molecule has 0 saturated heterocycles. The number of nitrogens with one attached hydrogen (secondary N) is 1. The minimum atomic E-state index is -0.342. The molecular weight excluding hydrogens is 406 g/mol. The first kappa shape index (κ1) is 24.0. The average molecular weight is 440 g/mol. The number of hydrogen-bond acceptors (Lipinski definition) is 6. The summed E-state index contributed by atoms with van der Waals surface area (Å²) in [6, 6.07) is 17.7. The molecule has 0 spiro atoms. The van der Waals surface area contributed by atoms with Gasteiger partial charge in [-0.1, -0.05) is 30.3 Å². The van der Waals surface area contributed by atoms with E-state index in [1.807, 2.05) is 50.2 Å². The first-order valence-electron chi connectivity index (χ1n) is 11.2. The van der Waals surface area contributed by atoms with Crippen LogP contribution in [0.15, 0.2) is 59.0 Å². The molecule has 0 aliphatic rings. The molecule has 0 saturated carbocycles. The Morgan fingerprint density at radius 2 is 1.72 bits per heavy atom. The smallest absolute Gasteiger partial charge is 0.337 e. The number of methoxy groups -OCH3 is 1. The summed E-state index contributed by atoms with van der Waals surface area (Å²) in [6.07, 6.45) is 0.388. The lowest BCUT2D eigenvalue weighted by Crippen LogP contribution is -2.35. The van der Waals surface area contributed by atoms with E-state index in [0.29, 0.717) is 31.7 Å². The molecule has 2 aromatic carbocycles. The fourth-order valence-corrected chi connectivity index (χ4v) is 3.90. The number of fused-ring (bicyclic) bond motifs is 1. The van der Waals surface area contributed by atoms with E-state index in [0.717, 1.165) is 22.3 Å². The molecule has 3 rings (SSSR count). The third kappa shape index (κ3) is 6.19. The van der Waals surface area contributed by atoms with E-state index in [2.05, 4.69) is 18.3 Å². The maximum atomic E-state index is 11.8. The van der Waals surface area contributed by atoms with Gasteiger partial charge >= 0.3 is 5.97 Å². The highest BCUT2D eigenvalue weighted by Gasteiger charge is 2.25. The number of ether oxygens (including phenoxy) is 3. The fraction of sp³-hybridized carbons (Fsp3) is 0.423. The quantitative estimate of drug-likeness (QED) is 0.306. The predicted octanol–water partition coefficient (Wildman–Crippen LogP) is 5.27. The van der Waals surface area contributed by atoms with Crippen molar-refractivity contribution in [3.63, 3.8) is 0 Å². The summed E-state index contributed by atoms with van der Waals surface area (Å²) < 4.78 is 22.4. The van der Waals surface area contributed by atoms with Gasteiger partial charge in [0.25, 0.3) is 0 Å². The van der Waals surface area contributed by atoms with E-state index in [4.69, 9.17) is 18.6 Å². The van der Waals surface area contributed by atoms with Crippen LogP contribution in [-0.2, 0) is 20.8 Å². The molecule has 1 N–H and O–H groups in total. The first-order valence-corrected chi connectivity index (χ1v) is 11.2. The van der Waals surface area contributed by atoms with Crippen LogP contribution in [-0.4, -0.2) is 38.6 Å². The zero-order valence-corrected chi connectivity index (χ0v) is 19.3. The zero-order valence-electron chi connectivity index (χ0n) is 19.3. The van der Waals surface area contributed by atoms with E-state index in [1.54, 1.807) is 12.1 Å². The first-order chi connectivity index (χ1) is 15.5. The summed E-state index contributed by atoms with van der Waals surface area (Å²) in [5, 5.41) is 4.70. The van der Waals surface area contributed by atoms with Gasteiger partial charge in [-0.15, -0.1) is 0 Å². The van der Waals surface area contributed by atoms with Gasteiger partial charge in [-0.3, -0.25) is 0 Å². The predicted molar refractivity (Wildman–Crippen MR) is 125 cm³/mol. The van der Waals surface area contributed by atoms with Crippen molar-refractivity contribution in [1.82, 2.24) is 5.32 Å². The van der Waals surface area contributed by atoms with Gasteiger partial charge in [0, 0.05) is 37.0 Å². The van der Waals surface area contributed by atoms with Gasteiger partial charge in [0.1, 0.15) is 11.3 Å². The Morgan fingerprint density at radius 1 is 1.03 bits per heavy atom. The molecule has 3 aromatic rings. The molecule has 2 atom stereocenters. The molecule has 0 bridgehead atoms. The second-order valence-electron chi connectivity index (χ2n) is 7.72. The molecule has 6 heteroatoms. The van der Waals surface area contributed by atoms with Gasteiger partial charge in [0.2, 0.25) is 0 Å².